The molecule has 74 valence electrons. The van der Waals surface area contributed by atoms with Gasteiger partial charge in [0.05, 0.1) is 0 Å². The van der Waals surface area contributed by atoms with Crippen LogP contribution in [0.1, 0.15) is 20.8 Å². The van der Waals surface area contributed by atoms with E-state index >= 15 is 0 Å². The average molecular weight is 183 g/mol. The van der Waals surface area contributed by atoms with Crippen LogP contribution in [0.3, 0.4) is 0 Å². The third-order valence-corrected chi connectivity index (χ3v) is 1.24. The summed E-state index contributed by atoms with van der Waals surface area (Å²) < 4.78 is 5.37. The number of hydrogen-bond acceptors (Lipinski definition) is 3. The Labute approximate surface area is 79.7 Å². The van der Waals surface area contributed by atoms with Gasteiger partial charge >= 0.3 is 0 Å². The fourth-order valence-electron chi connectivity index (χ4n) is 0.743. The summed E-state index contributed by atoms with van der Waals surface area (Å²) in [7, 11) is 1.76. The van der Waals surface area contributed by atoms with Gasteiger partial charge < -0.3 is 9.64 Å². The van der Waals surface area contributed by atoms with Gasteiger partial charge in [0.2, 0.25) is 0 Å². The number of ether oxygens (including phenoxy) is 1. The summed E-state index contributed by atoms with van der Waals surface area (Å²) in [5.74, 6) is 1.98. The highest BCUT2D eigenvalue weighted by atomic mass is 16.5. The van der Waals surface area contributed by atoms with Crippen LogP contribution in [0.2, 0.25) is 0 Å². The third-order valence-electron chi connectivity index (χ3n) is 1.24. The van der Waals surface area contributed by atoms with Crippen LogP contribution in [0.4, 0.5) is 0 Å². The van der Waals surface area contributed by atoms with Gasteiger partial charge in [0.1, 0.15) is 5.60 Å². The summed E-state index contributed by atoms with van der Waals surface area (Å²) in [5, 5.41) is 0. The molecule has 0 aliphatic rings. The van der Waals surface area contributed by atoms with E-state index in [-0.39, 0.29) is 11.5 Å². The first-order valence-electron chi connectivity index (χ1n) is 4.17. The first kappa shape index (κ1) is 11.8. The van der Waals surface area contributed by atoms with Crippen LogP contribution in [0.25, 0.3) is 0 Å². The maximum Gasteiger partial charge on any atom is 0.278 e. The molecule has 0 saturated heterocycles. The highest BCUT2D eigenvalue weighted by Gasteiger charge is 2.16. The van der Waals surface area contributed by atoms with Gasteiger partial charge in [-0.15, -0.1) is 6.58 Å². The molecule has 0 aromatic heterocycles. The van der Waals surface area contributed by atoms with E-state index < -0.39 is 0 Å². The molecule has 0 aromatic carbocycles. The fraction of sp³-hybridized carbons (Fsp3) is 0.600. The topological polar surface area (TPSA) is 29.5 Å². The SMILES string of the molecule is C=CCN(C)C(=C=O)OC(C)(C)C. The molecule has 0 aliphatic carbocycles. The molecule has 3 nitrogen and oxygen atoms in total. The Morgan fingerprint density at radius 3 is 2.46 bits per heavy atom. The van der Waals surface area contributed by atoms with E-state index in [4.69, 9.17) is 4.74 Å². The number of likely N-dealkylation sites (N-methyl/N-ethyl adjacent to an activating group) is 1. The predicted octanol–water partition coefficient (Wildman–Crippen LogP) is 1.59. The van der Waals surface area contributed by atoms with Crippen LogP contribution in [0.15, 0.2) is 18.5 Å². The summed E-state index contributed by atoms with van der Waals surface area (Å²) in [6, 6.07) is 0. The summed E-state index contributed by atoms with van der Waals surface area (Å²) in [6.07, 6.45) is 1.70. The van der Waals surface area contributed by atoms with Crippen molar-refractivity contribution in [2.75, 3.05) is 13.6 Å². The number of nitrogens with zero attached hydrogens (tertiary/aromatic N) is 1. The summed E-state index contributed by atoms with van der Waals surface area (Å²) in [4.78, 5) is 12.2. The van der Waals surface area contributed by atoms with E-state index in [9.17, 15) is 4.79 Å². The Morgan fingerprint density at radius 2 is 2.15 bits per heavy atom. The fourth-order valence-corrected chi connectivity index (χ4v) is 0.743. The van der Waals surface area contributed by atoms with Crippen molar-refractivity contribution in [3.8, 4) is 0 Å². The average Bonchev–Trinajstić information content (AvgIpc) is 1.99. The lowest BCUT2D eigenvalue weighted by Gasteiger charge is -2.26. The van der Waals surface area contributed by atoms with E-state index in [1.165, 1.54) is 0 Å². The van der Waals surface area contributed by atoms with Crippen LogP contribution in [-0.2, 0) is 9.53 Å². The van der Waals surface area contributed by atoms with E-state index in [0.29, 0.717) is 6.54 Å². The van der Waals surface area contributed by atoms with Crippen LogP contribution < -0.4 is 0 Å². The third kappa shape index (κ3) is 5.10. The van der Waals surface area contributed by atoms with Crippen molar-refractivity contribution in [1.29, 1.82) is 0 Å². The molecule has 0 rings (SSSR count). The first-order valence-corrected chi connectivity index (χ1v) is 4.17. The Bertz CT molecular complexity index is 222. The van der Waals surface area contributed by atoms with Gasteiger partial charge in [-0.25, -0.2) is 4.79 Å². The molecule has 0 aromatic rings. The second-order valence-corrected chi connectivity index (χ2v) is 3.79. The summed E-state index contributed by atoms with van der Waals surface area (Å²) in [5.41, 5.74) is -0.373. The second kappa shape index (κ2) is 4.73. The van der Waals surface area contributed by atoms with Gasteiger partial charge in [0.25, 0.3) is 5.88 Å². The van der Waals surface area contributed by atoms with E-state index in [2.05, 4.69) is 6.58 Å². The Morgan fingerprint density at radius 1 is 1.62 bits per heavy atom. The minimum atomic E-state index is -0.373. The Hall–Kier alpha value is -1.21. The molecule has 0 unspecified atom stereocenters. The van der Waals surface area contributed by atoms with Crippen molar-refractivity contribution >= 4 is 5.94 Å². The molecule has 0 fully saturated rings. The Kier molecular flexibility index (Phi) is 4.29. The lowest BCUT2D eigenvalue weighted by molar-refractivity contribution is 0.0142. The molecule has 3 heteroatoms. The highest BCUT2D eigenvalue weighted by molar-refractivity contribution is 5.48. The molecule has 0 saturated carbocycles. The minimum Gasteiger partial charge on any atom is -0.465 e. The molecular weight excluding hydrogens is 166 g/mol. The van der Waals surface area contributed by atoms with Crippen molar-refractivity contribution in [3.05, 3.63) is 18.5 Å². The largest absolute Gasteiger partial charge is 0.465 e. The van der Waals surface area contributed by atoms with Gasteiger partial charge in [-0.05, 0) is 20.8 Å². The van der Waals surface area contributed by atoms with Crippen molar-refractivity contribution in [3.63, 3.8) is 0 Å². The van der Waals surface area contributed by atoms with Crippen molar-refractivity contribution in [2.45, 2.75) is 26.4 Å². The van der Waals surface area contributed by atoms with Gasteiger partial charge in [-0.2, -0.15) is 0 Å². The van der Waals surface area contributed by atoms with Gasteiger partial charge in [-0.1, -0.05) is 6.08 Å². The minimum absolute atomic E-state index is 0.215. The van der Waals surface area contributed by atoms with Crippen LogP contribution in [0.5, 0.6) is 0 Å². The molecule has 0 aliphatic heterocycles. The lowest BCUT2D eigenvalue weighted by Crippen LogP contribution is -2.28. The molecule has 0 N–H and O–H groups in total. The zero-order valence-corrected chi connectivity index (χ0v) is 8.76. The second-order valence-electron chi connectivity index (χ2n) is 3.79. The van der Waals surface area contributed by atoms with Crippen molar-refractivity contribution < 1.29 is 9.53 Å². The number of rotatable bonds is 4. The maximum atomic E-state index is 10.5. The quantitative estimate of drug-likeness (QED) is 0.376. The molecule has 0 spiro atoms. The van der Waals surface area contributed by atoms with Crippen molar-refractivity contribution in [2.24, 2.45) is 0 Å². The molecule has 13 heavy (non-hydrogen) atoms. The standard InChI is InChI=1S/C10H17NO2/c1-6-7-11(5)9(8-12)13-10(2,3)4/h6H,1,7H2,2-5H3. The van der Waals surface area contributed by atoms with Gasteiger partial charge in [0.15, 0.2) is 5.94 Å². The monoisotopic (exact) mass is 183 g/mol. The number of carbonyl (C=O) groups excluding carboxylic acids is 1. The van der Waals surface area contributed by atoms with E-state index in [1.54, 1.807) is 24.0 Å². The number of hydrogen-bond donors (Lipinski definition) is 0. The highest BCUT2D eigenvalue weighted by Crippen LogP contribution is 2.13. The lowest BCUT2D eigenvalue weighted by atomic mass is 10.2. The zero-order chi connectivity index (χ0) is 10.5. The first-order chi connectivity index (χ1) is 5.90. The Balaban J connectivity index is 4.37. The summed E-state index contributed by atoms with van der Waals surface area (Å²) >= 11 is 0. The summed E-state index contributed by atoms with van der Waals surface area (Å²) in [6.45, 7) is 9.79. The van der Waals surface area contributed by atoms with Crippen molar-refractivity contribution in [1.82, 2.24) is 4.90 Å². The van der Waals surface area contributed by atoms with E-state index in [0.717, 1.165) is 0 Å². The molecule has 0 amide bonds. The zero-order valence-electron chi connectivity index (χ0n) is 8.76. The molecule has 0 atom stereocenters. The van der Waals surface area contributed by atoms with E-state index in [1.807, 2.05) is 20.8 Å². The predicted molar refractivity (Wildman–Crippen MR) is 52.9 cm³/mol. The molecule has 0 radical (unpaired) electrons. The van der Waals surface area contributed by atoms with Crippen LogP contribution >= 0.6 is 0 Å². The maximum absolute atomic E-state index is 10.5. The molecule has 0 heterocycles. The van der Waals surface area contributed by atoms with Gasteiger partial charge in [-0.3, -0.25) is 0 Å². The van der Waals surface area contributed by atoms with Gasteiger partial charge in [0, 0.05) is 13.6 Å². The molecular formula is C10H17NO2. The van der Waals surface area contributed by atoms with Crippen LogP contribution in [-0.4, -0.2) is 30.0 Å². The normalized spacial score (nSPS) is 10.2. The van der Waals surface area contributed by atoms with Crippen LogP contribution in [0, 0.1) is 0 Å². The smallest absolute Gasteiger partial charge is 0.278 e. The molecule has 0 bridgehead atoms.